The smallest absolute Gasteiger partial charge is 0.161 e. The summed E-state index contributed by atoms with van der Waals surface area (Å²) in [4.78, 5) is 2.44. The normalized spacial score (nSPS) is 19.2. The lowest BCUT2D eigenvalue weighted by atomic mass is 9.83. The second-order valence-electron chi connectivity index (χ2n) is 8.69. The summed E-state index contributed by atoms with van der Waals surface area (Å²) in [5.41, 5.74) is 8.41. The van der Waals surface area contributed by atoms with Crippen LogP contribution in [0.1, 0.15) is 44.6 Å². The summed E-state index contributed by atoms with van der Waals surface area (Å²) in [6.07, 6.45) is 3.50. The third kappa shape index (κ3) is 4.82. The van der Waals surface area contributed by atoms with Gasteiger partial charge in [-0.05, 0) is 81.5 Å². The maximum absolute atomic E-state index is 6.30. The Balaban J connectivity index is 0.00000256. The first-order chi connectivity index (χ1) is 14.0. The third-order valence-corrected chi connectivity index (χ3v) is 6.49. The van der Waals surface area contributed by atoms with Gasteiger partial charge in [-0.25, -0.2) is 0 Å². The first-order valence-electron chi connectivity index (χ1n) is 10.6. The molecule has 1 aliphatic heterocycles. The van der Waals surface area contributed by atoms with Gasteiger partial charge in [0, 0.05) is 22.2 Å². The van der Waals surface area contributed by atoms with E-state index in [-0.39, 0.29) is 17.9 Å². The van der Waals surface area contributed by atoms with E-state index in [1.165, 1.54) is 24.1 Å². The zero-order chi connectivity index (χ0) is 20.4. The van der Waals surface area contributed by atoms with Crippen LogP contribution in [-0.2, 0) is 0 Å². The molecule has 0 bridgehead atoms. The molecule has 30 heavy (non-hydrogen) atoms. The van der Waals surface area contributed by atoms with Gasteiger partial charge in [0.1, 0.15) is 6.61 Å². The molecule has 2 aliphatic rings. The van der Waals surface area contributed by atoms with Gasteiger partial charge in [0.2, 0.25) is 0 Å². The lowest BCUT2D eigenvalue weighted by molar-refractivity contribution is 0.257. The number of anilines is 1. The van der Waals surface area contributed by atoms with Crippen LogP contribution in [-0.4, -0.2) is 31.8 Å². The molecule has 2 N–H and O–H groups in total. The van der Waals surface area contributed by atoms with Crippen molar-refractivity contribution >= 4 is 29.7 Å². The molecule has 1 saturated carbocycles. The summed E-state index contributed by atoms with van der Waals surface area (Å²) in [6.45, 7) is 7.40. The number of benzene rings is 2. The van der Waals surface area contributed by atoms with Crippen molar-refractivity contribution in [2.24, 2.45) is 11.7 Å². The number of hydrogen-bond donors (Lipinski definition) is 1. The van der Waals surface area contributed by atoms with Gasteiger partial charge in [-0.2, -0.15) is 0 Å². The molecule has 2 aromatic rings. The minimum atomic E-state index is -0.0439. The number of halogens is 2. The van der Waals surface area contributed by atoms with Gasteiger partial charge in [-0.3, -0.25) is 0 Å². The molecule has 1 atom stereocenters. The van der Waals surface area contributed by atoms with E-state index in [0.29, 0.717) is 19.1 Å². The zero-order valence-corrected chi connectivity index (χ0v) is 19.3. The van der Waals surface area contributed by atoms with Gasteiger partial charge in [0.25, 0.3) is 0 Å². The highest BCUT2D eigenvalue weighted by molar-refractivity contribution is 6.30. The molecule has 1 fully saturated rings. The van der Waals surface area contributed by atoms with Crippen LogP contribution in [0, 0.1) is 5.92 Å². The van der Waals surface area contributed by atoms with E-state index in [1.807, 2.05) is 30.3 Å². The van der Waals surface area contributed by atoms with Crippen molar-refractivity contribution in [1.29, 1.82) is 0 Å². The minimum Gasteiger partial charge on any atom is -0.489 e. The Morgan fingerprint density at radius 1 is 1.10 bits per heavy atom. The quantitative estimate of drug-likeness (QED) is 0.535. The van der Waals surface area contributed by atoms with Gasteiger partial charge in [-0.15, -0.1) is 12.4 Å². The topological polar surface area (TPSA) is 47.7 Å². The first kappa shape index (κ1) is 23.1. The van der Waals surface area contributed by atoms with Crippen LogP contribution in [0.3, 0.4) is 0 Å². The molecule has 4 rings (SSSR count). The molecule has 0 aromatic heterocycles. The number of nitrogens with zero attached hydrogens (tertiary/aromatic N) is 1. The number of para-hydroxylation sites is 2. The molecule has 0 amide bonds. The summed E-state index contributed by atoms with van der Waals surface area (Å²) >= 11 is 6.30. The zero-order valence-electron chi connectivity index (χ0n) is 17.8. The molecule has 0 saturated heterocycles. The number of hydrogen-bond acceptors (Lipinski definition) is 4. The fourth-order valence-corrected chi connectivity index (χ4v) is 4.62. The highest BCUT2D eigenvalue weighted by Gasteiger charge is 2.44. The summed E-state index contributed by atoms with van der Waals surface area (Å²) < 4.78 is 12.1. The number of nitrogens with two attached hydrogens (primary N) is 1. The van der Waals surface area contributed by atoms with Crippen molar-refractivity contribution in [3.05, 3.63) is 53.1 Å². The standard InChI is InChI=1S/C24H31ClN2O2.ClH/c1-24(2)20(11-12-26)19-15-18(25)9-10-21(19)27(24)13-14-28-22-5-3-4-6-23(22)29-16-17-7-8-17;/h3-6,9-10,15,17,20H,7-8,11-14,16,26H2,1-2H3;1H. The van der Waals surface area contributed by atoms with Gasteiger partial charge in [0.05, 0.1) is 13.2 Å². The average molecular weight is 451 g/mol. The Morgan fingerprint density at radius 2 is 1.80 bits per heavy atom. The SMILES string of the molecule is CC1(C)C(CCN)c2cc(Cl)ccc2N1CCOc1ccccc1OCC1CC1.Cl. The van der Waals surface area contributed by atoms with Gasteiger partial charge in [-0.1, -0.05) is 23.7 Å². The Bertz CT molecular complexity index is 855. The average Bonchev–Trinajstić information content (AvgIpc) is 3.50. The molecule has 4 nitrogen and oxygen atoms in total. The second-order valence-corrected chi connectivity index (χ2v) is 9.12. The molecule has 0 spiro atoms. The molecular weight excluding hydrogens is 419 g/mol. The van der Waals surface area contributed by atoms with Gasteiger partial charge >= 0.3 is 0 Å². The third-order valence-electron chi connectivity index (χ3n) is 6.25. The van der Waals surface area contributed by atoms with Crippen LogP contribution in [0.2, 0.25) is 5.02 Å². The van der Waals surface area contributed by atoms with E-state index in [1.54, 1.807) is 0 Å². The van der Waals surface area contributed by atoms with E-state index in [2.05, 4.69) is 30.9 Å². The Kier molecular flexibility index (Phi) is 7.43. The van der Waals surface area contributed by atoms with Crippen molar-refractivity contribution in [1.82, 2.24) is 0 Å². The van der Waals surface area contributed by atoms with E-state index in [9.17, 15) is 0 Å². The molecule has 0 radical (unpaired) electrons. The minimum absolute atomic E-state index is 0. The van der Waals surface area contributed by atoms with E-state index >= 15 is 0 Å². The Morgan fingerprint density at radius 3 is 2.47 bits per heavy atom. The van der Waals surface area contributed by atoms with Crippen molar-refractivity contribution in [3.8, 4) is 11.5 Å². The predicted octanol–water partition coefficient (Wildman–Crippen LogP) is 5.66. The van der Waals surface area contributed by atoms with Crippen LogP contribution in [0.25, 0.3) is 0 Å². The fourth-order valence-electron chi connectivity index (χ4n) is 4.44. The van der Waals surface area contributed by atoms with Gasteiger partial charge < -0.3 is 20.1 Å². The summed E-state index contributed by atoms with van der Waals surface area (Å²) in [6, 6.07) is 14.2. The number of ether oxygens (including phenoxy) is 2. The molecular formula is C24H32Cl2N2O2. The maximum atomic E-state index is 6.30. The van der Waals surface area contributed by atoms with Crippen LogP contribution in [0.15, 0.2) is 42.5 Å². The molecule has 1 aliphatic carbocycles. The molecule has 2 aromatic carbocycles. The Hall–Kier alpha value is -1.62. The fraction of sp³-hybridized carbons (Fsp3) is 0.500. The Labute approximate surface area is 191 Å². The number of rotatable bonds is 9. The van der Waals surface area contributed by atoms with Crippen LogP contribution in [0.4, 0.5) is 5.69 Å². The summed E-state index contributed by atoms with van der Waals surface area (Å²) in [7, 11) is 0. The van der Waals surface area contributed by atoms with E-state index in [0.717, 1.165) is 42.0 Å². The summed E-state index contributed by atoms with van der Waals surface area (Å²) in [5, 5.41) is 0.779. The first-order valence-corrected chi connectivity index (χ1v) is 11.0. The molecule has 164 valence electrons. The van der Waals surface area contributed by atoms with Crippen molar-refractivity contribution in [2.75, 3.05) is 31.2 Å². The monoisotopic (exact) mass is 450 g/mol. The van der Waals surface area contributed by atoms with Crippen LogP contribution >= 0.6 is 24.0 Å². The molecule has 1 heterocycles. The van der Waals surface area contributed by atoms with Crippen molar-refractivity contribution in [2.45, 2.75) is 44.6 Å². The van der Waals surface area contributed by atoms with Gasteiger partial charge in [0.15, 0.2) is 11.5 Å². The summed E-state index contributed by atoms with van der Waals surface area (Å²) in [5.74, 6) is 2.74. The predicted molar refractivity (Wildman–Crippen MR) is 127 cm³/mol. The highest BCUT2D eigenvalue weighted by Crippen LogP contribution is 2.49. The molecule has 6 heteroatoms. The lowest BCUT2D eigenvalue weighted by Crippen LogP contribution is -2.46. The van der Waals surface area contributed by atoms with Crippen LogP contribution in [0.5, 0.6) is 11.5 Å². The van der Waals surface area contributed by atoms with E-state index in [4.69, 9.17) is 26.8 Å². The number of fused-ring (bicyclic) bond motifs is 1. The maximum Gasteiger partial charge on any atom is 0.161 e. The largest absolute Gasteiger partial charge is 0.489 e. The van der Waals surface area contributed by atoms with Crippen LogP contribution < -0.4 is 20.1 Å². The lowest BCUT2D eigenvalue weighted by Gasteiger charge is -2.38. The molecule has 1 unspecified atom stereocenters. The highest BCUT2D eigenvalue weighted by atomic mass is 35.5. The van der Waals surface area contributed by atoms with E-state index < -0.39 is 0 Å². The van der Waals surface area contributed by atoms with Crippen molar-refractivity contribution < 1.29 is 9.47 Å². The second kappa shape index (κ2) is 9.67. The van der Waals surface area contributed by atoms with Crippen molar-refractivity contribution in [3.63, 3.8) is 0 Å².